The van der Waals surface area contributed by atoms with Crippen LogP contribution >= 0.6 is 11.3 Å². The smallest absolute Gasteiger partial charge is 0.160 e. The first-order valence-corrected chi connectivity index (χ1v) is 7.78. The van der Waals surface area contributed by atoms with Crippen molar-refractivity contribution in [2.75, 3.05) is 38.1 Å². The summed E-state index contributed by atoms with van der Waals surface area (Å²) in [7, 11) is 2.20. The molecule has 2 aromatic heterocycles. The monoisotopic (exact) mass is 287 g/mol. The highest BCUT2D eigenvalue weighted by Crippen LogP contribution is 2.41. The molecule has 1 spiro atoms. The number of likely N-dealkylation sites (tertiary alicyclic amines) is 1. The predicted molar refractivity (Wildman–Crippen MR) is 81.8 cm³/mol. The Kier molecular flexibility index (Phi) is 2.62. The number of carbonyl (C=O) groups is 1. The number of fused-ring (bicyclic) bond motifs is 1. The quantitative estimate of drug-likeness (QED) is 0.794. The fourth-order valence-corrected chi connectivity index (χ4v) is 4.35. The minimum atomic E-state index is 0.495. The Bertz CT molecular complexity index is 675. The summed E-state index contributed by atoms with van der Waals surface area (Å²) >= 11 is 1.47. The zero-order valence-corrected chi connectivity index (χ0v) is 12.3. The molecule has 20 heavy (non-hydrogen) atoms. The van der Waals surface area contributed by atoms with Gasteiger partial charge in [0.2, 0.25) is 0 Å². The highest BCUT2D eigenvalue weighted by Gasteiger charge is 2.47. The molecule has 2 saturated heterocycles. The molecule has 0 bridgehead atoms. The highest BCUT2D eigenvalue weighted by atomic mass is 32.1. The number of aromatic nitrogens is 1. The van der Waals surface area contributed by atoms with Crippen molar-refractivity contribution in [3.63, 3.8) is 0 Å². The summed E-state index contributed by atoms with van der Waals surface area (Å²) in [5.74, 6) is 1.05. The molecule has 0 aromatic carbocycles. The Morgan fingerprint density at radius 1 is 1.35 bits per heavy atom. The molecule has 5 heteroatoms. The lowest BCUT2D eigenvalue weighted by molar-refractivity contribution is 0.112. The second-order valence-electron chi connectivity index (χ2n) is 6.17. The van der Waals surface area contributed by atoms with Gasteiger partial charge < -0.3 is 9.80 Å². The zero-order chi connectivity index (χ0) is 13.7. The van der Waals surface area contributed by atoms with Gasteiger partial charge >= 0.3 is 0 Å². The molecule has 0 saturated carbocycles. The first-order valence-electron chi connectivity index (χ1n) is 6.97. The van der Waals surface area contributed by atoms with Crippen molar-refractivity contribution in [1.29, 1.82) is 0 Å². The van der Waals surface area contributed by atoms with Crippen molar-refractivity contribution in [2.24, 2.45) is 5.41 Å². The maximum atomic E-state index is 10.8. The number of anilines is 1. The van der Waals surface area contributed by atoms with E-state index in [0.717, 1.165) is 40.3 Å². The number of aldehydes is 1. The van der Waals surface area contributed by atoms with E-state index in [-0.39, 0.29) is 0 Å². The van der Waals surface area contributed by atoms with Gasteiger partial charge in [-0.2, -0.15) is 0 Å². The molecule has 4 rings (SSSR count). The predicted octanol–water partition coefficient (Wildman–Crippen LogP) is 2.25. The first kappa shape index (κ1) is 12.3. The van der Waals surface area contributed by atoms with E-state index in [1.54, 1.807) is 0 Å². The summed E-state index contributed by atoms with van der Waals surface area (Å²) in [5, 5.41) is 1.07. The molecule has 0 amide bonds. The van der Waals surface area contributed by atoms with Crippen molar-refractivity contribution < 1.29 is 4.79 Å². The van der Waals surface area contributed by atoms with Crippen LogP contribution < -0.4 is 4.90 Å². The molecule has 2 fully saturated rings. The van der Waals surface area contributed by atoms with Crippen LogP contribution in [0.15, 0.2) is 18.2 Å². The van der Waals surface area contributed by atoms with E-state index in [1.807, 2.05) is 6.07 Å². The van der Waals surface area contributed by atoms with E-state index >= 15 is 0 Å². The van der Waals surface area contributed by atoms with Gasteiger partial charge in [0.15, 0.2) is 6.29 Å². The Morgan fingerprint density at radius 3 is 2.90 bits per heavy atom. The van der Waals surface area contributed by atoms with Gasteiger partial charge in [-0.3, -0.25) is 4.79 Å². The van der Waals surface area contributed by atoms with Gasteiger partial charge in [-0.1, -0.05) is 0 Å². The molecule has 2 aliphatic heterocycles. The summed E-state index contributed by atoms with van der Waals surface area (Å²) in [4.78, 5) is 22.0. The Morgan fingerprint density at radius 2 is 2.20 bits per heavy atom. The average molecular weight is 287 g/mol. The van der Waals surface area contributed by atoms with E-state index in [0.29, 0.717) is 5.41 Å². The maximum absolute atomic E-state index is 10.8. The number of nitrogens with zero attached hydrogens (tertiary/aromatic N) is 3. The third kappa shape index (κ3) is 1.84. The number of rotatable bonds is 2. The summed E-state index contributed by atoms with van der Waals surface area (Å²) in [6, 6.07) is 6.06. The molecular weight excluding hydrogens is 270 g/mol. The number of carbonyl (C=O) groups excluding carboxylic acids is 1. The molecule has 4 nitrogen and oxygen atoms in total. The van der Waals surface area contributed by atoms with Gasteiger partial charge in [0, 0.05) is 30.4 Å². The van der Waals surface area contributed by atoms with Crippen LogP contribution in [0.2, 0.25) is 0 Å². The Labute approximate surface area is 122 Å². The summed E-state index contributed by atoms with van der Waals surface area (Å²) in [5.41, 5.74) is 0.495. The van der Waals surface area contributed by atoms with Crippen LogP contribution in [0.4, 0.5) is 5.82 Å². The van der Waals surface area contributed by atoms with Gasteiger partial charge in [0.05, 0.1) is 4.88 Å². The molecule has 0 aliphatic carbocycles. The van der Waals surface area contributed by atoms with Crippen LogP contribution in [0.1, 0.15) is 16.1 Å². The van der Waals surface area contributed by atoms with Gasteiger partial charge in [-0.25, -0.2) is 4.98 Å². The fraction of sp³-hybridized carbons (Fsp3) is 0.467. The van der Waals surface area contributed by atoms with Crippen LogP contribution in [0, 0.1) is 5.41 Å². The van der Waals surface area contributed by atoms with Crippen LogP contribution in [-0.2, 0) is 0 Å². The Hall–Kier alpha value is -1.46. The molecule has 4 heterocycles. The van der Waals surface area contributed by atoms with Crippen LogP contribution in [-0.4, -0.2) is 49.4 Å². The van der Waals surface area contributed by atoms with E-state index < -0.39 is 0 Å². The van der Waals surface area contributed by atoms with Gasteiger partial charge in [0.25, 0.3) is 0 Å². The summed E-state index contributed by atoms with van der Waals surface area (Å²) < 4.78 is 0. The average Bonchev–Trinajstić information content (AvgIpc) is 2.99. The fourth-order valence-electron chi connectivity index (χ4n) is 3.50. The second kappa shape index (κ2) is 4.27. The number of thiophene rings is 1. The van der Waals surface area contributed by atoms with Crippen molar-refractivity contribution in [1.82, 2.24) is 9.88 Å². The third-order valence-electron chi connectivity index (χ3n) is 4.51. The standard InChI is InChI=1S/C15H17N3OS/c1-17-5-4-15(8-17)9-18(10-15)13-3-2-11-6-12(7-19)20-14(11)16-13/h2-3,6-7H,4-5,8-10H2,1H3. The zero-order valence-electron chi connectivity index (χ0n) is 11.5. The molecule has 0 atom stereocenters. The molecular formula is C15H17N3OS. The van der Waals surface area contributed by atoms with Crippen LogP contribution in [0.3, 0.4) is 0 Å². The normalized spacial score (nSPS) is 21.6. The number of hydrogen-bond donors (Lipinski definition) is 0. The van der Waals surface area contributed by atoms with Crippen molar-refractivity contribution >= 4 is 33.7 Å². The lowest BCUT2D eigenvalue weighted by atomic mass is 9.79. The number of hydrogen-bond acceptors (Lipinski definition) is 5. The molecule has 104 valence electrons. The van der Waals surface area contributed by atoms with E-state index in [2.05, 4.69) is 29.0 Å². The van der Waals surface area contributed by atoms with Crippen molar-refractivity contribution in [3.05, 3.63) is 23.1 Å². The molecule has 2 aliphatic rings. The maximum Gasteiger partial charge on any atom is 0.160 e. The minimum absolute atomic E-state index is 0.495. The van der Waals surface area contributed by atoms with E-state index in [9.17, 15) is 4.79 Å². The summed E-state index contributed by atoms with van der Waals surface area (Å²) in [6.45, 7) is 4.65. The minimum Gasteiger partial charge on any atom is -0.355 e. The molecule has 0 radical (unpaired) electrons. The number of pyridine rings is 1. The topological polar surface area (TPSA) is 36.4 Å². The van der Waals surface area contributed by atoms with Gasteiger partial charge in [-0.05, 0) is 38.2 Å². The third-order valence-corrected chi connectivity index (χ3v) is 5.48. The lowest BCUT2D eigenvalue weighted by Crippen LogP contribution is -2.57. The van der Waals surface area contributed by atoms with Crippen LogP contribution in [0.25, 0.3) is 10.2 Å². The van der Waals surface area contributed by atoms with Gasteiger partial charge in [-0.15, -0.1) is 11.3 Å². The SMILES string of the molecule is CN1CCC2(C1)CN(c1ccc3cc(C=O)sc3n1)C2. The van der Waals surface area contributed by atoms with Crippen molar-refractivity contribution in [3.8, 4) is 0 Å². The van der Waals surface area contributed by atoms with E-state index in [4.69, 9.17) is 4.98 Å². The first-order chi connectivity index (χ1) is 9.67. The molecule has 0 N–H and O–H groups in total. The largest absolute Gasteiger partial charge is 0.355 e. The van der Waals surface area contributed by atoms with E-state index in [1.165, 1.54) is 30.8 Å². The molecule has 2 aromatic rings. The highest BCUT2D eigenvalue weighted by molar-refractivity contribution is 7.20. The van der Waals surface area contributed by atoms with Gasteiger partial charge in [0.1, 0.15) is 10.6 Å². The van der Waals surface area contributed by atoms with Crippen molar-refractivity contribution in [2.45, 2.75) is 6.42 Å². The van der Waals surface area contributed by atoms with Crippen LogP contribution in [0.5, 0.6) is 0 Å². The summed E-state index contributed by atoms with van der Waals surface area (Å²) in [6.07, 6.45) is 2.20. The molecule has 0 unspecified atom stereocenters. The lowest BCUT2D eigenvalue weighted by Gasteiger charge is -2.48. The second-order valence-corrected chi connectivity index (χ2v) is 7.24. The Balaban J connectivity index is 1.56.